The molecule has 186 valence electrons. The zero-order valence-electron chi connectivity index (χ0n) is 19.0. The van der Waals surface area contributed by atoms with Gasteiger partial charge in [-0.15, -0.1) is 0 Å². The van der Waals surface area contributed by atoms with E-state index in [4.69, 9.17) is 4.74 Å². The number of alkyl halides is 3. The number of sulfonamides is 1. The predicted octanol–water partition coefficient (Wildman–Crippen LogP) is 3.40. The van der Waals surface area contributed by atoms with Gasteiger partial charge < -0.3 is 9.64 Å². The first-order chi connectivity index (χ1) is 15.6. The van der Waals surface area contributed by atoms with Crippen LogP contribution in [0.1, 0.15) is 44.1 Å². The van der Waals surface area contributed by atoms with E-state index >= 15 is 0 Å². The average molecular weight is 491 g/mol. The lowest BCUT2D eigenvalue weighted by molar-refractivity contribution is -0.130. The lowest BCUT2D eigenvalue weighted by atomic mass is 9.90. The Kier molecular flexibility index (Phi) is 7.50. The van der Waals surface area contributed by atoms with E-state index in [9.17, 15) is 21.6 Å². The highest BCUT2D eigenvalue weighted by Gasteiger charge is 2.43. The molecular formula is C22H33F3N4O3S. The Hall–Kier alpha value is -1.46. The fraction of sp³-hybridized carbons (Fsp3) is 0.818. The molecule has 11 heteroatoms. The number of nitrogens with zero attached hydrogens (tertiary/aromatic N) is 4. The molecule has 3 heterocycles. The average Bonchev–Trinajstić information content (AvgIpc) is 3.37. The van der Waals surface area contributed by atoms with Gasteiger partial charge >= 0.3 is 6.18 Å². The van der Waals surface area contributed by atoms with Gasteiger partial charge in [0.15, 0.2) is 0 Å². The van der Waals surface area contributed by atoms with Crippen molar-refractivity contribution in [1.29, 1.82) is 0 Å². The van der Waals surface area contributed by atoms with Crippen LogP contribution in [-0.2, 0) is 14.8 Å². The normalized spacial score (nSPS) is 27.3. The van der Waals surface area contributed by atoms with Crippen LogP contribution in [0.15, 0.2) is 12.4 Å². The molecule has 1 saturated carbocycles. The first kappa shape index (κ1) is 24.7. The van der Waals surface area contributed by atoms with E-state index in [-0.39, 0.29) is 19.2 Å². The number of halogens is 3. The number of rotatable bonds is 9. The summed E-state index contributed by atoms with van der Waals surface area (Å²) in [6, 6.07) is 0. The molecule has 0 aromatic carbocycles. The van der Waals surface area contributed by atoms with E-state index in [1.165, 1.54) is 6.42 Å². The first-order valence-corrected chi connectivity index (χ1v) is 13.4. The summed E-state index contributed by atoms with van der Waals surface area (Å²) in [5, 5.41) is 0. The highest BCUT2D eigenvalue weighted by Crippen LogP contribution is 2.50. The van der Waals surface area contributed by atoms with Crippen molar-refractivity contribution in [3.8, 4) is 0 Å². The third-order valence-electron chi connectivity index (χ3n) is 7.16. The molecular weight excluding hydrogens is 457 g/mol. The summed E-state index contributed by atoms with van der Waals surface area (Å²) in [6.07, 6.45) is 2.73. The predicted molar refractivity (Wildman–Crippen MR) is 118 cm³/mol. The molecule has 0 N–H and O–H groups in total. The van der Waals surface area contributed by atoms with Crippen molar-refractivity contribution in [2.45, 2.75) is 57.7 Å². The van der Waals surface area contributed by atoms with E-state index in [1.807, 2.05) is 19.3 Å². The summed E-state index contributed by atoms with van der Waals surface area (Å²) >= 11 is 0. The number of piperidine rings is 1. The molecule has 4 rings (SSSR count). The van der Waals surface area contributed by atoms with Crippen LogP contribution in [0.2, 0.25) is 0 Å². The second-order valence-electron chi connectivity index (χ2n) is 9.65. The van der Waals surface area contributed by atoms with Gasteiger partial charge in [0, 0.05) is 45.2 Å². The fourth-order valence-corrected chi connectivity index (χ4v) is 6.63. The molecule has 2 saturated heterocycles. The van der Waals surface area contributed by atoms with Crippen LogP contribution in [0, 0.1) is 24.7 Å². The van der Waals surface area contributed by atoms with Gasteiger partial charge in [-0.1, -0.05) is 0 Å². The second kappa shape index (κ2) is 10.0. The summed E-state index contributed by atoms with van der Waals surface area (Å²) in [5.41, 5.74) is 1.06. The zero-order chi connectivity index (χ0) is 23.6. The van der Waals surface area contributed by atoms with Crippen molar-refractivity contribution in [3.63, 3.8) is 0 Å². The third kappa shape index (κ3) is 6.79. The fourth-order valence-electron chi connectivity index (χ4n) is 5.10. The molecule has 1 aliphatic carbocycles. The van der Waals surface area contributed by atoms with E-state index in [1.54, 1.807) is 0 Å². The van der Waals surface area contributed by atoms with Gasteiger partial charge in [-0.05, 0) is 62.3 Å². The van der Waals surface area contributed by atoms with Crippen LogP contribution >= 0.6 is 0 Å². The van der Waals surface area contributed by atoms with Crippen LogP contribution in [0.4, 0.5) is 19.1 Å². The second-order valence-corrected chi connectivity index (χ2v) is 11.7. The summed E-state index contributed by atoms with van der Waals surface area (Å²) in [4.78, 5) is 11.1. The van der Waals surface area contributed by atoms with Crippen LogP contribution in [-0.4, -0.2) is 73.5 Å². The molecule has 0 bridgehead atoms. The Morgan fingerprint density at radius 3 is 2.48 bits per heavy atom. The molecule has 3 fully saturated rings. The van der Waals surface area contributed by atoms with Gasteiger partial charge in [0.05, 0.1) is 18.3 Å². The Balaban J connectivity index is 1.12. The zero-order valence-corrected chi connectivity index (χ0v) is 19.8. The Morgan fingerprint density at radius 1 is 1.12 bits per heavy atom. The number of hydrogen-bond acceptors (Lipinski definition) is 6. The number of aromatic nitrogens is 2. The third-order valence-corrected chi connectivity index (χ3v) is 9.00. The van der Waals surface area contributed by atoms with Gasteiger partial charge in [0.25, 0.3) is 0 Å². The van der Waals surface area contributed by atoms with Crippen molar-refractivity contribution in [2.75, 3.05) is 43.4 Å². The Morgan fingerprint density at radius 2 is 1.82 bits per heavy atom. The van der Waals surface area contributed by atoms with Gasteiger partial charge in [0.1, 0.15) is 0 Å². The Labute approximate surface area is 193 Å². The molecule has 7 nitrogen and oxygen atoms in total. The highest BCUT2D eigenvalue weighted by atomic mass is 32.2. The maximum absolute atomic E-state index is 12.4. The van der Waals surface area contributed by atoms with E-state index in [0.717, 1.165) is 60.0 Å². The van der Waals surface area contributed by atoms with Crippen molar-refractivity contribution in [3.05, 3.63) is 18.0 Å². The van der Waals surface area contributed by atoms with E-state index in [2.05, 4.69) is 14.9 Å². The quantitative estimate of drug-likeness (QED) is 0.528. The van der Waals surface area contributed by atoms with Gasteiger partial charge in [-0.25, -0.2) is 18.4 Å². The number of anilines is 1. The highest BCUT2D eigenvalue weighted by molar-refractivity contribution is 7.89. The van der Waals surface area contributed by atoms with Crippen LogP contribution in [0.25, 0.3) is 0 Å². The smallest absolute Gasteiger partial charge is 0.377 e. The molecule has 3 atom stereocenters. The standard InChI is InChI=1S/C22H33F3N4O3S/c1-16-13-26-21(27-14-16)28-7-2-17(3-8-28)20-12-18(20)5-10-32-19-4-9-29(15-19)33(30,31)11-6-22(23,24)25/h13-14,17-20H,2-12,15H2,1H3/t18-,19+,20-/m1/s1. The first-order valence-electron chi connectivity index (χ1n) is 11.8. The van der Waals surface area contributed by atoms with Gasteiger partial charge in [0.2, 0.25) is 16.0 Å². The number of aryl methyl sites for hydroxylation is 1. The molecule has 2 aliphatic heterocycles. The van der Waals surface area contributed by atoms with Crippen molar-refractivity contribution < 1.29 is 26.3 Å². The lowest BCUT2D eigenvalue weighted by Crippen LogP contribution is -2.35. The summed E-state index contributed by atoms with van der Waals surface area (Å²) < 4.78 is 68.4. The molecule has 33 heavy (non-hydrogen) atoms. The van der Waals surface area contributed by atoms with E-state index < -0.39 is 28.4 Å². The van der Waals surface area contributed by atoms with Gasteiger partial charge in [-0.3, -0.25) is 0 Å². The maximum atomic E-state index is 12.4. The van der Waals surface area contributed by atoms with Gasteiger partial charge in [-0.2, -0.15) is 17.5 Å². The van der Waals surface area contributed by atoms with E-state index in [0.29, 0.717) is 18.9 Å². The van der Waals surface area contributed by atoms with Crippen LogP contribution in [0.3, 0.4) is 0 Å². The van der Waals surface area contributed by atoms with Crippen LogP contribution in [0.5, 0.6) is 0 Å². The molecule has 1 aromatic heterocycles. The minimum Gasteiger partial charge on any atom is -0.377 e. The number of hydrogen-bond donors (Lipinski definition) is 0. The molecule has 1 aromatic rings. The summed E-state index contributed by atoms with van der Waals surface area (Å²) in [7, 11) is -3.88. The number of ether oxygens (including phenoxy) is 1. The molecule has 3 aliphatic rings. The van der Waals surface area contributed by atoms with Crippen molar-refractivity contribution in [1.82, 2.24) is 14.3 Å². The Bertz CT molecular complexity index is 889. The molecule has 0 radical (unpaired) electrons. The minimum absolute atomic E-state index is 0.161. The van der Waals surface area contributed by atoms with Crippen LogP contribution < -0.4 is 4.90 Å². The molecule has 0 unspecified atom stereocenters. The topological polar surface area (TPSA) is 75.6 Å². The van der Waals surface area contributed by atoms with Crippen molar-refractivity contribution in [2.24, 2.45) is 17.8 Å². The maximum Gasteiger partial charge on any atom is 0.390 e. The monoisotopic (exact) mass is 490 g/mol. The molecule has 0 spiro atoms. The lowest BCUT2D eigenvalue weighted by Gasteiger charge is -2.32. The van der Waals surface area contributed by atoms with Crippen molar-refractivity contribution >= 4 is 16.0 Å². The summed E-state index contributed by atoms with van der Waals surface area (Å²) in [5.74, 6) is 2.04. The minimum atomic E-state index is -4.46. The SMILES string of the molecule is Cc1cnc(N2CCC([C@H]3C[C@H]3CCO[C@H]3CCN(S(=O)(=O)CCC(F)(F)F)C3)CC2)nc1. The molecule has 0 amide bonds. The summed E-state index contributed by atoms with van der Waals surface area (Å²) in [6.45, 7) is 4.92. The largest absolute Gasteiger partial charge is 0.390 e.